The number of urea groups is 1. The van der Waals surface area contributed by atoms with Crippen LogP contribution in [-0.4, -0.2) is 71.8 Å². The van der Waals surface area contributed by atoms with Crippen LogP contribution in [0.5, 0.6) is 0 Å². The molecule has 0 aromatic heterocycles. The number of nitrogens with one attached hydrogen (secondary N) is 1. The minimum atomic E-state index is -4.89. The van der Waals surface area contributed by atoms with Crippen LogP contribution in [0.1, 0.15) is 19.3 Å². The normalized spacial score (nSPS) is 30.4. The summed E-state index contributed by atoms with van der Waals surface area (Å²) in [5.74, 6) is -5.87. The molecule has 13 heteroatoms. The zero-order valence-electron chi connectivity index (χ0n) is 12.7. The van der Waals surface area contributed by atoms with Crippen molar-refractivity contribution < 1.29 is 40.4 Å². The molecule has 3 fully saturated rings. The topological polar surface area (TPSA) is 133 Å². The lowest BCUT2D eigenvalue weighted by atomic mass is 10.0. The van der Waals surface area contributed by atoms with Crippen LogP contribution in [0.15, 0.2) is 0 Å². The van der Waals surface area contributed by atoms with E-state index in [0.29, 0.717) is 5.06 Å². The van der Waals surface area contributed by atoms with Crippen LogP contribution in [0, 0.1) is 5.92 Å². The van der Waals surface area contributed by atoms with Crippen molar-refractivity contribution >= 4 is 28.1 Å². The van der Waals surface area contributed by atoms with E-state index >= 15 is 0 Å². The molecule has 0 aromatic carbocycles. The van der Waals surface area contributed by atoms with E-state index in [1.54, 1.807) is 0 Å². The number of ketones is 1. The van der Waals surface area contributed by atoms with Crippen molar-refractivity contribution in [2.45, 2.75) is 37.3 Å². The van der Waals surface area contributed by atoms with E-state index in [1.807, 2.05) is 0 Å². The first-order chi connectivity index (χ1) is 11.5. The summed E-state index contributed by atoms with van der Waals surface area (Å²) in [7, 11) is -4.89. The van der Waals surface area contributed by atoms with Crippen LogP contribution in [0.4, 0.5) is 13.6 Å². The van der Waals surface area contributed by atoms with Crippen molar-refractivity contribution in [3.8, 4) is 0 Å². The molecule has 1 aliphatic carbocycles. The number of Topliss-reactive ketones (excluding diaryl/α,β-unsaturated/α-hetero) is 1. The Labute approximate surface area is 141 Å². The molecule has 0 aromatic rings. The van der Waals surface area contributed by atoms with Crippen molar-refractivity contribution in [1.29, 1.82) is 0 Å². The molecule has 3 aliphatic rings. The standard InChI is InChI=1S/C12H15F2N3O7S/c13-12(14)3-7(12)9(18)4-15-10(19)8-2-1-6-5-16(8)11(20)17(6)24-25(21,22)23/h6-8H,1-5H2,(H,15,19)(H,21,22,23)/t6-,7?,8+/m1/s1. The minimum Gasteiger partial charge on any atom is -0.347 e. The summed E-state index contributed by atoms with van der Waals surface area (Å²) in [6.45, 7) is -0.562. The average molecular weight is 383 g/mol. The molecule has 3 atom stereocenters. The van der Waals surface area contributed by atoms with Gasteiger partial charge in [0.05, 0.1) is 18.5 Å². The molecule has 2 bridgehead atoms. The lowest BCUT2D eigenvalue weighted by Crippen LogP contribution is -2.50. The second kappa shape index (κ2) is 5.85. The smallest absolute Gasteiger partial charge is 0.347 e. The van der Waals surface area contributed by atoms with Crippen LogP contribution in [0.25, 0.3) is 0 Å². The highest BCUT2D eigenvalue weighted by Crippen LogP contribution is 2.48. The largest absolute Gasteiger partial charge is 0.418 e. The van der Waals surface area contributed by atoms with Crippen LogP contribution in [0.2, 0.25) is 0 Å². The quantitative estimate of drug-likeness (QED) is 0.581. The predicted molar refractivity (Wildman–Crippen MR) is 74.5 cm³/mol. The van der Waals surface area contributed by atoms with Crippen LogP contribution < -0.4 is 5.32 Å². The molecule has 0 spiro atoms. The summed E-state index contributed by atoms with van der Waals surface area (Å²) < 4.78 is 60.1. The van der Waals surface area contributed by atoms with Crippen LogP contribution in [-0.2, 0) is 24.3 Å². The van der Waals surface area contributed by atoms with E-state index in [0.717, 1.165) is 4.90 Å². The number of fused-ring (bicyclic) bond motifs is 2. The summed E-state index contributed by atoms with van der Waals surface area (Å²) in [5.41, 5.74) is 0. The maximum Gasteiger partial charge on any atom is 0.418 e. The van der Waals surface area contributed by atoms with Crippen molar-refractivity contribution in [1.82, 2.24) is 15.3 Å². The summed E-state index contributed by atoms with van der Waals surface area (Å²) >= 11 is 0. The van der Waals surface area contributed by atoms with Gasteiger partial charge in [0, 0.05) is 13.0 Å². The van der Waals surface area contributed by atoms with Gasteiger partial charge in [0.15, 0.2) is 5.78 Å². The van der Waals surface area contributed by atoms with E-state index in [4.69, 9.17) is 4.55 Å². The first-order valence-corrected chi connectivity index (χ1v) is 8.81. The molecule has 2 heterocycles. The number of alkyl halides is 2. The number of hydroxylamine groups is 2. The van der Waals surface area contributed by atoms with Crippen LogP contribution in [0.3, 0.4) is 0 Å². The summed E-state index contributed by atoms with van der Waals surface area (Å²) in [4.78, 5) is 36.9. The number of hydrogen-bond donors (Lipinski definition) is 2. The highest BCUT2D eigenvalue weighted by atomic mass is 32.3. The minimum absolute atomic E-state index is 0.00107. The fourth-order valence-corrected chi connectivity index (χ4v) is 3.47. The maximum absolute atomic E-state index is 12.8. The molecule has 2 N–H and O–H groups in total. The third kappa shape index (κ3) is 3.57. The number of carbonyl (C=O) groups excluding carboxylic acids is 3. The number of rotatable bonds is 6. The lowest BCUT2D eigenvalue weighted by molar-refractivity contribution is -0.129. The predicted octanol–water partition coefficient (Wildman–Crippen LogP) is -0.670. The van der Waals surface area contributed by atoms with Gasteiger partial charge in [0.25, 0.3) is 5.92 Å². The number of nitrogens with zero attached hydrogens (tertiary/aromatic N) is 2. The summed E-state index contributed by atoms with van der Waals surface area (Å²) in [5, 5.41) is 2.72. The molecule has 0 radical (unpaired) electrons. The van der Waals surface area contributed by atoms with Gasteiger partial charge in [-0.2, -0.15) is 13.5 Å². The van der Waals surface area contributed by atoms with Crippen molar-refractivity contribution in [3.05, 3.63) is 0 Å². The number of amides is 3. The van der Waals surface area contributed by atoms with Crippen molar-refractivity contribution in [3.63, 3.8) is 0 Å². The summed E-state index contributed by atoms with van der Waals surface area (Å²) in [6, 6.07) is -2.54. The van der Waals surface area contributed by atoms with Gasteiger partial charge in [-0.05, 0) is 12.8 Å². The van der Waals surface area contributed by atoms with Crippen molar-refractivity contribution in [2.75, 3.05) is 13.1 Å². The molecular weight excluding hydrogens is 368 g/mol. The number of carbonyl (C=O) groups is 3. The van der Waals surface area contributed by atoms with Crippen LogP contribution >= 0.6 is 0 Å². The molecule has 1 unspecified atom stereocenters. The molecule has 3 amide bonds. The SMILES string of the molecule is O=C(CNC(=O)[C@@H]1CC[C@@H]2CN1C(=O)N2OS(=O)(=O)O)C1CC1(F)F. The third-order valence-corrected chi connectivity index (χ3v) is 4.80. The van der Waals surface area contributed by atoms with E-state index in [1.165, 1.54) is 0 Å². The van der Waals surface area contributed by atoms with Gasteiger partial charge in [-0.15, -0.1) is 4.28 Å². The lowest BCUT2D eigenvalue weighted by Gasteiger charge is -2.29. The monoisotopic (exact) mass is 383 g/mol. The van der Waals surface area contributed by atoms with E-state index in [-0.39, 0.29) is 19.4 Å². The molecule has 1 saturated carbocycles. The number of piperidine rings is 1. The molecule has 3 rings (SSSR count). The first-order valence-electron chi connectivity index (χ1n) is 7.45. The average Bonchev–Trinajstić information content (AvgIpc) is 3.10. The second-order valence-electron chi connectivity index (χ2n) is 6.21. The van der Waals surface area contributed by atoms with E-state index < -0.39 is 65.0 Å². The summed E-state index contributed by atoms with van der Waals surface area (Å²) in [6.07, 6.45) is -0.134. The van der Waals surface area contributed by atoms with E-state index in [2.05, 4.69) is 9.60 Å². The van der Waals surface area contributed by atoms with Gasteiger partial charge in [-0.25, -0.2) is 13.6 Å². The zero-order chi connectivity index (χ0) is 18.6. The Kier molecular flexibility index (Phi) is 4.20. The highest BCUT2D eigenvalue weighted by molar-refractivity contribution is 7.80. The first kappa shape index (κ1) is 17.9. The Morgan fingerprint density at radius 2 is 2.00 bits per heavy atom. The van der Waals surface area contributed by atoms with Gasteiger partial charge in [-0.3, -0.25) is 14.1 Å². The molecule has 140 valence electrons. The van der Waals surface area contributed by atoms with Crippen molar-refractivity contribution in [2.24, 2.45) is 5.92 Å². The number of halogens is 2. The fraction of sp³-hybridized carbons (Fsp3) is 0.750. The van der Waals surface area contributed by atoms with Gasteiger partial charge >= 0.3 is 16.4 Å². The molecule has 25 heavy (non-hydrogen) atoms. The van der Waals surface area contributed by atoms with Gasteiger partial charge in [0.2, 0.25) is 5.91 Å². The van der Waals surface area contributed by atoms with Gasteiger partial charge < -0.3 is 10.2 Å². The highest BCUT2D eigenvalue weighted by Gasteiger charge is 2.60. The Morgan fingerprint density at radius 1 is 1.36 bits per heavy atom. The maximum atomic E-state index is 12.8. The molecular formula is C12H15F2N3O7S. The Morgan fingerprint density at radius 3 is 2.56 bits per heavy atom. The fourth-order valence-electron chi connectivity index (χ4n) is 3.08. The Bertz CT molecular complexity index is 728. The molecule has 2 saturated heterocycles. The van der Waals surface area contributed by atoms with E-state index in [9.17, 15) is 31.6 Å². The third-order valence-electron chi connectivity index (χ3n) is 4.45. The van der Waals surface area contributed by atoms with Gasteiger partial charge in [0.1, 0.15) is 6.04 Å². The second-order valence-corrected chi connectivity index (χ2v) is 7.22. The molecule has 10 nitrogen and oxygen atoms in total. The molecule has 2 aliphatic heterocycles. The van der Waals surface area contributed by atoms with Gasteiger partial charge in [-0.1, -0.05) is 0 Å². The Balaban J connectivity index is 1.58. The Hall–Kier alpha value is -1.86. The zero-order valence-corrected chi connectivity index (χ0v) is 13.5. The number of hydrogen-bond acceptors (Lipinski definition) is 6.